The molecule has 8 nitrogen and oxygen atoms in total. The highest BCUT2D eigenvalue weighted by Crippen LogP contribution is 2.41. The van der Waals surface area contributed by atoms with Crippen LogP contribution >= 0.6 is 11.8 Å². The molecule has 4 rings (SSSR count). The van der Waals surface area contributed by atoms with Crippen LogP contribution in [0.5, 0.6) is 0 Å². The van der Waals surface area contributed by atoms with E-state index >= 15 is 0 Å². The van der Waals surface area contributed by atoms with Crippen molar-refractivity contribution in [3.63, 3.8) is 0 Å². The third kappa shape index (κ3) is 2.94. The molecule has 3 N–H and O–H groups in total. The quantitative estimate of drug-likeness (QED) is 0.814. The highest BCUT2D eigenvalue weighted by molar-refractivity contribution is 8.02. The minimum absolute atomic E-state index is 0.0589. The first-order valence-electron chi connectivity index (χ1n) is 9.56. The average Bonchev–Trinajstić information content (AvgIpc) is 3.27. The number of hydrogen-bond acceptors (Lipinski definition) is 7. The molecule has 0 aromatic carbocycles. The molecule has 2 aliphatic rings. The van der Waals surface area contributed by atoms with Gasteiger partial charge in [-0.2, -0.15) is 5.10 Å². The molecule has 0 saturated carbocycles. The number of fused-ring (bicyclic) bond motifs is 3. The van der Waals surface area contributed by atoms with Crippen molar-refractivity contribution in [2.75, 3.05) is 12.3 Å². The van der Waals surface area contributed by atoms with Crippen LogP contribution in [0.2, 0.25) is 0 Å². The van der Waals surface area contributed by atoms with Crippen molar-refractivity contribution >= 4 is 23.6 Å². The van der Waals surface area contributed by atoms with Gasteiger partial charge in [0.15, 0.2) is 11.2 Å². The number of aromatic nitrogens is 4. The maximum absolute atomic E-state index is 13.5. The minimum Gasteiger partial charge on any atom is -0.368 e. The lowest BCUT2D eigenvalue weighted by Crippen LogP contribution is -2.44. The zero-order chi connectivity index (χ0) is 20.0. The standard InChI is InChI=1S/C19H25N7OS/c1-5-25(19-22-11(4)9-28-19)17(27)15-13-10(3)7-12-8-21-18(20)23-14(12)16(13)26(6-2)24-15/h8-10,19,22H,5-7H2,1-4H3,(H2,20,21,23). The van der Waals surface area contributed by atoms with Crippen LogP contribution in [0.3, 0.4) is 0 Å². The highest BCUT2D eigenvalue weighted by Gasteiger charge is 2.36. The molecule has 0 fully saturated rings. The number of hydrogen-bond donors (Lipinski definition) is 2. The molecule has 0 bridgehead atoms. The van der Waals surface area contributed by atoms with Gasteiger partial charge < -0.3 is 16.0 Å². The first-order chi connectivity index (χ1) is 13.4. The predicted octanol–water partition coefficient (Wildman–Crippen LogP) is 2.55. The van der Waals surface area contributed by atoms with Crippen molar-refractivity contribution in [3.05, 3.63) is 34.1 Å². The SMILES string of the molecule is CCN(C(=O)c1nn(CC)c2c1C(C)Cc1cnc(N)nc1-2)C1NC(C)=CS1. The Bertz CT molecular complexity index is 967. The summed E-state index contributed by atoms with van der Waals surface area (Å²) in [6.45, 7) is 9.38. The number of anilines is 1. The number of rotatable bonds is 4. The first-order valence-corrected chi connectivity index (χ1v) is 10.5. The van der Waals surface area contributed by atoms with Crippen molar-refractivity contribution in [2.24, 2.45) is 0 Å². The van der Waals surface area contributed by atoms with E-state index in [1.54, 1.807) is 18.0 Å². The van der Waals surface area contributed by atoms with Gasteiger partial charge in [-0.25, -0.2) is 9.97 Å². The van der Waals surface area contributed by atoms with Crippen molar-refractivity contribution in [3.8, 4) is 11.4 Å². The molecule has 1 amide bonds. The molecule has 0 saturated heterocycles. The molecule has 2 atom stereocenters. The van der Waals surface area contributed by atoms with E-state index in [1.807, 2.05) is 35.8 Å². The van der Waals surface area contributed by atoms with Gasteiger partial charge >= 0.3 is 0 Å². The van der Waals surface area contributed by atoms with Crippen LogP contribution in [0, 0.1) is 0 Å². The summed E-state index contributed by atoms with van der Waals surface area (Å²) < 4.78 is 1.87. The lowest BCUT2D eigenvalue weighted by Gasteiger charge is -2.28. The highest BCUT2D eigenvalue weighted by atomic mass is 32.2. The monoisotopic (exact) mass is 399 g/mol. The fourth-order valence-electron chi connectivity index (χ4n) is 3.92. The number of thioether (sulfide) groups is 1. The van der Waals surface area contributed by atoms with Gasteiger partial charge in [0.1, 0.15) is 0 Å². The fraction of sp³-hybridized carbons (Fsp3) is 0.474. The summed E-state index contributed by atoms with van der Waals surface area (Å²) >= 11 is 1.61. The lowest BCUT2D eigenvalue weighted by molar-refractivity contribution is 0.0728. The molecule has 2 aromatic heterocycles. The summed E-state index contributed by atoms with van der Waals surface area (Å²) in [6, 6.07) is 0. The molecular formula is C19H25N7OS. The Morgan fingerprint density at radius 2 is 2.25 bits per heavy atom. The van der Waals surface area contributed by atoms with Crippen LogP contribution in [0.25, 0.3) is 11.4 Å². The lowest BCUT2D eigenvalue weighted by atomic mass is 9.84. The Hall–Kier alpha value is -2.55. The molecule has 9 heteroatoms. The van der Waals surface area contributed by atoms with Crippen LogP contribution in [-0.4, -0.2) is 42.6 Å². The minimum atomic E-state index is -0.107. The third-order valence-corrected chi connectivity index (χ3v) is 6.35. The van der Waals surface area contributed by atoms with E-state index in [1.165, 1.54) is 0 Å². The van der Waals surface area contributed by atoms with Crippen LogP contribution in [0.15, 0.2) is 17.3 Å². The van der Waals surface area contributed by atoms with E-state index in [9.17, 15) is 4.79 Å². The number of carbonyl (C=O) groups is 1. The molecule has 148 valence electrons. The maximum Gasteiger partial charge on any atom is 0.276 e. The summed E-state index contributed by atoms with van der Waals surface area (Å²) in [7, 11) is 0. The van der Waals surface area contributed by atoms with Crippen LogP contribution < -0.4 is 11.1 Å². The average molecular weight is 400 g/mol. The zero-order valence-electron chi connectivity index (χ0n) is 16.6. The molecule has 1 aliphatic heterocycles. The van der Waals surface area contributed by atoms with Gasteiger partial charge in [0, 0.05) is 30.5 Å². The van der Waals surface area contributed by atoms with Gasteiger partial charge in [0.05, 0.1) is 11.4 Å². The van der Waals surface area contributed by atoms with E-state index in [0.29, 0.717) is 18.8 Å². The Balaban J connectivity index is 1.81. The molecule has 28 heavy (non-hydrogen) atoms. The second-order valence-corrected chi connectivity index (χ2v) is 8.11. The van der Waals surface area contributed by atoms with Gasteiger partial charge in [-0.1, -0.05) is 18.7 Å². The smallest absolute Gasteiger partial charge is 0.276 e. The normalized spacial score (nSPS) is 20.2. The summed E-state index contributed by atoms with van der Waals surface area (Å²) in [5.74, 6) is 0.326. The van der Waals surface area contributed by atoms with E-state index in [4.69, 9.17) is 10.8 Å². The van der Waals surface area contributed by atoms with E-state index in [-0.39, 0.29) is 23.3 Å². The summed E-state index contributed by atoms with van der Waals surface area (Å²) in [5.41, 5.74) is 11.0. The van der Waals surface area contributed by atoms with Crippen LogP contribution in [0.1, 0.15) is 55.2 Å². The van der Waals surface area contributed by atoms with E-state index < -0.39 is 0 Å². The topological polar surface area (TPSA) is 102 Å². The number of aryl methyl sites for hydroxylation is 1. The Kier molecular flexibility index (Phi) is 4.78. The molecular weight excluding hydrogens is 374 g/mol. The van der Waals surface area contributed by atoms with Gasteiger partial charge in [-0.3, -0.25) is 9.48 Å². The summed E-state index contributed by atoms with van der Waals surface area (Å²) in [5, 5.41) is 10.1. The predicted molar refractivity (Wildman–Crippen MR) is 110 cm³/mol. The van der Waals surface area contributed by atoms with Gasteiger partial charge in [0.2, 0.25) is 5.95 Å². The molecule has 0 spiro atoms. The van der Waals surface area contributed by atoms with Crippen molar-refractivity contribution in [2.45, 2.75) is 52.1 Å². The van der Waals surface area contributed by atoms with Crippen molar-refractivity contribution in [1.82, 2.24) is 30.0 Å². The van der Waals surface area contributed by atoms with Gasteiger partial charge in [-0.05, 0) is 44.1 Å². The van der Waals surface area contributed by atoms with E-state index in [0.717, 1.165) is 34.6 Å². The number of allylic oxidation sites excluding steroid dienone is 1. The number of amides is 1. The Labute approximate surface area is 168 Å². The Morgan fingerprint density at radius 3 is 2.89 bits per heavy atom. The second-order valence-electron chi connectivity index (χ2n) is 7.16. The number of nitrogens with one attached hydrogen (secondary N) is 1. The van der Waals surface area contributed by atoms with Crippen molar-refractivity contribution < 1.29 is 4.79 Å². The molecule has 0 radical (unpaired) electrons. The zero-order valence-corrected chi connectivity index (χ0v) is 17.4. The molecule has 1 aliphatic carbocycles. The van der Waals surface area contributed by atoms with Gasteiger partial charge in [0.25, 0.3) is 5.91 Å². The van der Waals surface area contributed by atoms with Crippen LogP contribution in [-0.2, 0) is 13.0 Å². The largest absolute Gasteiger partial charge is 0.368 e. The van der Waals surface area contributed by atoms with Crippen molar-refractivity contribution in [1.29, 1.82) is 0 Å². The van der Waals surface area contributed by atoms with Crippen LogP contribution in [0.4, 0.5) is 5.95 Å². The molecule has 2 unspecified atom stereocenters. The number of carbonyl (C=O) groups excluding carboxylic acids is 1. The maximum atomic E-state index is 13.5. The van der Waals surface area contributed by atoms with E-state index in [2.05, 4.69) is 22.2 Å². The first kappa shape index (κ1) is 18.8. The Morgan fingerprint density at radius 1 is 1.46 bits per heavy atom. The number of nitrogen functional groups attached to an aromatic ring is 1. The molecule has 3 heterocycles. The second kappa shape index (κ2) is 7.12. The summed E-state index contributed by atoms with van der Waals surface area (Å²) in [6.07, 6.45) is 2.55. The fourth-order valence-corrected chi connectivity index (χ4v) is 4.97. The number of nitrogens with two attached hydrogens (primary N) is 1. The molecule has 2 aromatic rings. The third-order valence-electron chi connectivity index (χ3n) is 5.23. The van der Waals surface area contributed by atoms with Gasteiger partial charge in [-0.15, -0.1) is 0 Å². The summed E-state index contributed by atoms with van der Waals surface area (Å²) in [4.78, 5) is 24.0. The number of nitrogens with zero attached hydrogens (tertiary/aromatic N) is 5.